The van der Waals surface area contributed by atoms with Crippen molar-refractivity contribution >= 4 is 21.8 Å². The molecule has 2 aliphatic rings. The third-order valence-electron chi connectivity index (χ3n) is 2.93. The van der Waals surface area contributed by atoms with Gasteiger partial charge in [0.2, 0.25) is 5.91 Å². The van der Waals surface area contributed by atoms with Gasteiger partial charge in [0.15, 0.2) is 0 Å². The Morgan fingerprint density at radius 3 is 2.67 bits per heavy atom. The topological polar surface area (TPSA) is 20.3 Å². The van der Waals surface area contributed by atoms with E-state index in [0.717, 1.165) is 32.4 Å². The monoisotopic (exact) mass is 231 g/mol. The highest BCUT2D eigenvalue weighted by Gasteiger charge is 2.47. The molecule has 0 aromatic rings. The highest BCUT2D eigenvalue weighted by Crippen LogP contribution is 2.47. The van der Waals surface area contributed by atoms with Crippen LogP contribution in [0.2, 0.25) is 0 Å². The summed E-state index contributed by atoms with van der Waals surface area (Å²) in [5, 5.41) is 0. The van der Waals surface area contributed by atoms with Crippen LogP contribution >= 0.6 is 15.9 Å². The van der Waals surface area contributed by atoms with E-state index >= 15 is 0 Å². The van der Waals surface area contributed by atoms with Gasteiger partial charge in [0, 0.05) is 23.3 Å². The maximum atomic E-state index is 11.8. The largest absolute Gasteiger partial charge is 0.341 e. The molecule has 1 atom stereocenters. The maximum absolute atomic E-state index is 11.8. The summed E-state index contributed by atoms with van der Waals surface area (Å²) in [5.41, 5.74) is 0.0249. The van der Waals surface area contributed by atoms with Crippen molar-refractivity contribution in [3.05, 3.63) is 0 Å². The number of alkyl halides is 1. The van der Waals surface area contributed by atoms with Crippen molar-refractivity contribution in [3.8, 4) is 0 Å². The van der Waals surface area contributed by atoms with Gasteiger partial charge in [-0.15, -0.1) is 0 Å². The summed E-state index contributed by atoms with van der Waals surface area (Å²) in [6, 6.07) is 0. The zero-order valence-corrected chi connectivity index (χ0v) is 8.93. The molecule has 1 heterocycles. The summed E-state index contributed by atoms with van der Waals surface area (Å²) in [6.45, 7) is 3.94. The second-order valence-corrected chi connectivity index (χ2v) is 5.49. The predicted octanol–water partition coefficient (Wildman–Crippen LogP) is 1.78. The number of rotatable bonds is 1. The Bertz CT molecular complexity index is 213. The summed E-state index contributed by atoms with van der Waals surface area (Å²) >= 11 is 3.54. The normalized spacial score (nSPS) is 32.2. The van der Waals surface area contributed by atoms with Gasteiger partial charge in [-0.05, 0) is 19.3 Å². The number of hydrogen-bond donors (Lipinski definition) is 0. The molecule has 0 aromatic carbocycles. The minimum absolute atomic E-state index is 0.0249. The van der Waals surface area contributed by atoms with Gasteiger partial charge in [-0.3, -0.25) is 4.79 Å². The van der Waals surface area contributed by atoms with Gasteiger partial charge >= 0.3 is 0 Å². The van der Waals surface area contributed by atoms with Crippen LogP contribution in [0, 0.1) is 5.41 Å². The SMILES string of the molecule is CC1(C(=O)N2CCC(Br)C2)CC1. The molecule has 1 unspecified atom stereocenters. The zero-order chi connectivity index (χ0) is 8.77. The summed E-state index contributed by atoms with van der Waals surface area (Å²) in [5.74, 6) is 0.379. The van der Waals surface area contributed by atoms with E-state index in [1.807, 2.05) is 4.90 Å². The van der Waals surface area contributed by atoms with E-state index in [4.69, 9.17) is 0 Å². The predicted molar refractivity (Wildman–Crippen MR) is 51.3 cm³/mol. The first kappa shape index (κ1) is 8.54. The van der Waals surface area contributed by atoms with E-state index < -0.39 is 0 Å². The van der Waals surface area contributed by atoms with Gasteiger partial charge in [-0.25, -0.2) is 0 Å². The molecule has 1 aliphatic heterocycles. The number of likely N-dealkylation sites (tertiary alicyclic amines) is 1. The van der Waals surface area contributed by atoms with Gasteiger partial charge in [0.05, 0.1) is 0 Å². The van der Waals surface area contributed by atoms with Crippen LogP contribution in [0.5, 0.6) is 0 Å². The first-order valence-electron chi connectivity index (χ1n) is 4.55. The molecule has 0 aromatic heterocycles. The van der Waals surface area contributed by atoms with Gasteiger partial charge in [0.1, 0.15) is 0 Å². The molecule has 1 aliphatic carbocycles. The van der Waals surface area contributed by atoms with Crippen LogP contribution in [0.3, 0.4) is 0 Å². The van der Waals surface area contributed by atoms with E-state index in [1.165, 1.54) is 0 Å². The second-order valence-electron chi connectivity index (χ2n) is 4.20. The third kappa shape index (κ3) is 1.39. The summed E-state index contributed by atoms with van der Waals surface area (Å²) in [6.07, 6.45) is 3.30. The molecule has 1 amide bonds. The maximum Gasteiger partial charge on any atom is 0.228 e. The van der Waals surface area contributed by atoms with Crippen molar-refractivity contribution in [2.75, 3.05) is 13.1 Å². The zero-order valence-electron chi connectivity index (χ0n) is 7.35. The van der Waals surface area contributed by atoms with Crippen molar-refractivity contribution in [2.24, 2.45) is 5.41 Å². The van der Waals surface area contributed by atoms with E-state index in [-0.39, 0.29) is 5.41 Å². The average molecular weight is 232 g/mol. The fourth-order valence-corrected chi connectivity index (χ4v) is 2.24. The number of carbonyl (C=O) groups is 1. The number of hydrogen-bond acceptors (Lipinski definition) is 1. The minimum Gasteiger partial charge on any atom is -0.341 e. The van der Waals surface area contributed by atoms with Crippen molar-refractivity contribution in [1.29, 1.82) is 0 Å². The Hall–Kier alpha value is -0.0500. The second kappa shape index (κ2) is 2.72. The Kier molecular flexibility index (Phi) is 1.94. The Morgan fingerprint density at radius 1 is 1.58 bits per heavy atom. The van der Waals surface area contributed by atoms with E-state index in [1.54, 1.807) is 0 Å². The van der Waals surface area contributed by atoms with Gasteiger partial charge < -0.3 is 4.90 Å². The van der Waals surface area contributed by atoms with Crippen molar-refractivity contribution in [1.82, 2.24) is 4.90 Å². The molecule has 1 saturated heterocycles. The lowest BCUT2D eigenvalue weighted by atomic mass is 10.1. The van der Waals surface area contributed by atoms with E-state index in [0.29, 0.717) is 10.7 Å². The van der Waals surface area contributed by atoms with Crippen LogP contribution < -0.4 is 0 Å². The highest BCUT2D eigenvalue weighted by molar-refractivity contribution is 9.09. The number of halogens is 1. The van der Waals surface area contributed by atoms with Crippen LogP contribution in [0.1, 0.15) is 26.2 Å². The molecule has 2 rings (SSSR count). The molecule has 0 N–H and O–H groups in total. The number of carbonyl (C=O) groups excluding carboxylic acids is 1. The summed E-state index contributed by atoms with van der Waals surface area (Å²) in [7, 11) is 0. The minimum atomic E-state index is 0.0249. The molecule has 2 fully saturated rings. The average Bonchev–Trinajstić information content (AvgIpc) is 2.62. The Morgan fingerprint density at radius 2 is 2.25 bits per heavy atom. The van der Waals surface area contributed by atoms with Crippen LogP contribution in [-0.2, 0) is 4.79 Å². The third-order valence-corrected chi connectivity index (χ3v) is 3.68. The summed E-state index contributed by atoms with van der Waals surface area (Å²) in [4.78, 5) is 14.3. The molecule has 0 spiro atoms. The van der Waals surface area contributed by atoms with Gasteiger partial charge in [0.25, 0.3) is 0 Å². The van der Waals surface area contributed by atoms with Gasteiger partial charge in [-0.1, -0.05) is 22.9 Å². The standard InChI is InChI=1S/C9H14BrNO/c1-9(3-4-9)8(12)11-5-2-7(10)6-11/h7H,2-6H2,1H3. The van der Waals surface area contributed by atoms with Crippen LogP contribution in [0.4, 0.5) is 0 Å². The smallest absolute Gasteiger partial charge is 0.228 e. The number of nitrogens with zero attached hydrogens (tertiary/aromatic N) is 1. The van der Waals surface area contributed by atoms with Crippen LogP contribution in [-0.4, -0.2) is 28.7 Å². The highest BCUT2D eigenvalue weighted by atomic mass is 79.9. The van der Waals surface area contributed by atoms with E-state index in [9.17, 15) is 4.79 Å². The van der Waals surface area contributed by atoms with Crippen molar-refractivity contribution in [3.63, 3.8) is 0 Å². The Labute approximate surface area is 81.4 Å². The molecular formula is C9H14BrNO. The first-order valence-corrected chi connectivity index (χ1v) is 5.47. The molecule has 12 heavy (non-hydrogen) atoms. The van der Waals surface area contributed by atoms with Gasteiger partial charge in [-0.2, -0.15) is 0 Å². The fraction of sp³-hybridized carbons (Fsp3) is 0.889. The first-order chi connectivity index (χ1) is 5.62. The summed E-state index contributed by atoms with van der Waals surface area (Å²) < 4.78 is 0. The lowest BCUT2D eigenvalue weighted by Crippen LogP contribution is -2.34. The lowest BCUT2D eigenvalue weighted by Gasteiger charge is -2.19. The molecule has 68 valence electrons. The molecule has 0 radical (unpaired) electrons. The molecule has 2 nitrogen and oxygen atoms in total. The fourth-order valence-electron chi connectivity index (χ4n) is 1.69. The van der Waals surface area contributed by atoms with E-state index in [2.05, 4.69) is 22.9 Å². The van der Waals surface area contributed by atoms with Crippen molar-refractivity contribution in [2.45, 2.75) is 31.0 Å². The quantitative estimate of drug-likeness (QED) is 0.631. The molecule has 3 heteroatoms. The molecule has 1 saturated carbocycles. The lowest BCUT2D eigenvalue weighted by molar-refractivity contribution is -0.135. The Balaban J connectivity index is 1.97. The van der Waals surface area contributed by atoms with Crippen LogP contribution in [0.25, 0.3) is 0 Å². The van der Waals surface area contributed by atoms with Crippen molar-refractivity contribution < 1.29 is 4.79 Å². The van der Waals surface area contributed by atoms with Crippen LogP contribution in [0.15, 0.2) is 0 Å². The number of amides is 1. The molecular weight excluding hydrogens is 218 g/mol. The molecule has 0 bridgehead atoms.